The number of thioether (sulfide) groups is 1. The molecule has 0 aromatic carbocycles. The van der Waals surface area contributed by atoms with Gasteiger partial charge in [0.2, 0.25) is 5.89 Å². The number of nitrogens with zero attached hydrogens (tertiary/aromatic N) is 2. The second kappa shape index (κ2) is 4.98. The maximum absolute atomic E-state index is 5.81. The molecule has 0 spiro atoms. The summed E-state index contributed by atoms with van der Waals surface area (Å²) < 4.78 is 6.04. The molecule has 0 aliphatic carbocycles. The second-order valence-electron chi connectivity index (χ2n) is 2.66. The highest BCUT2D eigenvalue weighted by atomic mass is 35.5. The van der Waals surface area contributed by atoms with Crippen molar-refractivity contribution in [2.45, 2.75) is 17.5 Å². The smallest absolute Gasteiger partial charge is 0.276 e. The zero-order valence-corrected chi connectivity index (χ0v) is 10.0. The minimum atomic E-state index is 0.276. The maximum Gasteiger partial charge on any atom is 0.276 e. The van der Waals surface area contributed by atoms with E-state index in [0.29, 0.717) is 11.1 Å². The summed E-state index contributed by atoms with van der Waals surface area (Å²) >= 11 is 8.84. The van der Waals surface area contributed by atoms with Crippen molar-refractivity contribution in [3.05, 3.63) is 27.2 Å². The van der Waals surface area contributed by atoms with E-state index in [1.54, 1.807) is 11.3 Å². The Hall–Kier alpha value is -0.560. The van der Waals surface area contributed by atoms with Crippen LogP contribution in [0.3, 0.4) is 0 Å². The summed E-state index contributed by atoms with van der Waals surface area (Å²) in [5.74, 6) is 1.24. The number of thiophene rings is 1. The average molecular weight is 262 g/mol. The van der Waals surface area contributed by atoms with E-state index >= 15 is 0 Å². The van der Waals surface area contributed by atoms with Gasteiger partial charge in [0.15, 0.2) is 0 Å². The first-order valence-corrected chi connectivity index (χ1v) is 6.35. The lowest BCUT2D eigenvalue weighted by Crippen LogP contribution is -1.95. The van der Waals surface area contributed by atoms with Gasteiger partial charge in [-0.1, -0.05) is 23.4 Å². The summed E-state index contributed by atoms with van der Waals surface area (Å²) in [6.07, 6.45) is 0. The van der Waals surface area contributed by atoms with Gasteiger partial charge < -0.3 is 10.2 Å². The molecule has 2 N–H and O–H groups in total. The molecule has 0 bridgehead atoms. The van der Waals surface area contributed by atoms with Crippen molar-refractivity contribution in [1.29, 1.82) is 0 Å². The van der Waals surface area contributed by atoms with Gasteiger partial charge in [-0.05, 0) is 12.1 Å². The monoisotopic (exact) mass is 261 g/mol. The van der Waals surface area contributed by atoms with Crippen molar-refractivity contribution in [3.8, 4) is 0 Å². The molecule has 2 rings (SSSR count). The Labute approximate surface area is 99.8 Å². The van der Waals surface area contributed by atoms with Crippen LogP contribution in [-0.2, 0) is 12.3 Å². The molecule has 0 aliphatic rings. The second-order valence-corrected chi connectivity index (χ2v) is 5.39. The summed E-state index contributed by atoms with van der Waals surface area (Å²) in [5.41, 5.74) is 5.35. The Kier molecular flexibility index (Phi) is 3.63. The normalized spacial score (nSPS) is 10.8. The first-order chi connectivity index (χ1) is 7.28. The molecule has 4 nitrogen and oxygen atoms in total. The fraction of sp³-hybridized carbons (Fsp3) is 0.250. The lowest BCUT2D eigenvalue weighted by atomic mass is 10.5. The molecule has 2 heterocycles. The molecule has 0 unspecified atom stereocenters. The van der Waals surface area contributed by atoms with Crippen LogP contribution >= 0.6 is 34.7 Å². The van der Waals surface area contributed by atoms with Crippen LogP contribution in [0.1, 0.15) is 10.8 Å². The highest BCUT2D eigenvalue weighted by Gasteiger charge is 2.06. The Bertz CT molecular complexity index is 443. The molecular weight excluding hydrogens is 254 g/mol. The first kappa shape index (κ1) is 10.9. The first-order valence-electron chi connectivity index (χ1n) is 4.17. The molecule has 0 amide bonds. The molecule has 0 saturated heterocycles. The van der Waals surface area contributed by atoms with E-state index in [0.717, 1.165) is 10.1 Å². The zero-order chi connectivity index (χ0) is 10.7. The lowest BCUT2D eigenvalue weighted by molar-refractivity contribution is 0.415. The van der Waals surface area contributed by atoms with E-state index in [2.05, 4.69) is 10.2 Å². The van der Waals surface area contributed by atoms with Crippen LogP contribution in [0.4, 0.5) is 0 Å². The number of rotatable bonds is 4. The molecule has 0 saturated carbocycles. The third-order valence-corrected chi connectivity index (χ3v) is 3.87. The van der Waals surface area contributed by atoms with Crippen molar-refractivity contribution in [3.63, 3.8) is 0 Å². The van der Waals surface area contributed by atoms with Crippen molar-refractivity contribution < 1.29 is 4.42 Å². The Morgan fingerprint density at radius 2 is 2.33 bits per heavy atom. The zero-order valence-electron chi connectivity index (χ0n) is 7.64. The minimum absolute atomic E-state index is 0.276. The fourth-order valence-corrected chi connectivity index (χ4v) is 2.85. The Balaban J connectivity index is 1.93. The van der Waals surface area contributed by atoms with Gasteiger partial charge in [0, 0.05) is 10.6 Å². The van der Waals surface area contributed by atoms with Crippen LogP contribution < -0.4 is 5.73 Å². The molecule has 80 valence electrons. The third kappa shape index (κ3) is 2.94. The van der Waals surface area contributed by atoms with Gasteiger partial charge in [0.1, 0.15) is 0 Å². The van der Waals surface area contributed by atoms with E-state index in [4.69, 9.17) is 21.8 Å². The molecular formula is C8H8ClN3OS2. The number of hydrogen-bond donors (Lipinski definition) is 1. The van der Waals surface area contributed by atoms with Crippen molar-refractivity contribution >= 4 is 34.7 Å². The van der Waals surface area contributed by atoms with Crippen LogP contribution in [0, 0.1) is 0 Å². The van der Waals surface area contributed by atoms with Gasteiger partial charge in [-0.15, -0.1) is 21.5 Å². The number of halogens is 1. The van der Waals surface area contributed by atoms with Crippen molar-refractivity contribution in [2.75, 3.05) is 0 Å². The summed E-state index contributed by atoms with van der Waals surface area (Å²) in [5, 5.41) is 8.16. The predicted octanol–water partition coefficient (Wildman–Crippen LogP) is 2.54. The molecule has 0 radical (unpaired) electrons. The quantitative estimate of drug-likeness (QED) is 0.857. The molecule has 15 heavy (non-hydrogen) atoms. The van der Waals surface area contributed by atoms with Crippen molar-refractivity contribution in [2.24, 2.45) is 5.73 Å². The number of aromatic nitrogens is 2. The van der Waals surface area contributed by atoms with Gasteiger partial charge in [-0.2, -0.15) is 0 Å². The van der Waals surface area contributed by atoms with Crippen LogP contribution in [0.25, 0.3) is 0 Å². The van der Waals surface area contributed by atoms with Crippen LogP contribution in [0.5, 0.6) is 0 Å². The topological polar surface area (TPSA) is 64.9 Å². The molecule has 0 atom stereocenters. The summed E-state index contributed by atoms with van der Waals surface area (Å²) in [6.45, 7) is 0.276. The number of nitrogens with two attached hydrogens (primary N) is 1. The minimum Gasteiger partial charge on any atom is -0.415 e. The average Bonchev–Trinajstić information content (AvgIpc) is 2.83. The highest BCUT2D eigenvalue weighted by Crippen LogP contribution is 2.28. The molecule has 2 aromatic heterocycles. The number of hydrogen-bond acceptors (Lipinski definition) is 6. The lowest BCUT2D eigenvalue weighted by Gasteiger charge is -1.91. The van der Waals surface area contributed by atoms with E-state index < -0.39 is 0 Å². The van der Waals surface area contributed by atoms with E-state index in [1.165, 1.54) is 16.6 Å². The highest BCUT2D eigenvalue weighted by molar-refractivity contribution is 7.98. The molecule has 0 aliphatic heterocycles. The molecule has 0 fully saturated rings. The van der Waals surface area contributed by atoms with Gasteiger partial charge in [0.05, 0.1) is 10.9 Å². The fourth-order valence-electron chi connectivity index (χ4n) is 0.941. The van der Waals surface area contributed by atoms with E-state index in [1.807, 2.05) is 12.1 Å². The Morgan fingerprint density at radius 3 is 2.93 bits per heavy atom. The van der Waals surface area contributed by atoms with Crippen molar-refractivity contribution in [1.82, 2.24) is 10.2 Å². The SMILES string of the molecule is NCc1nnc(SCc2ccc(Cl)s2)o1. The molecule has 7 heteroatoms. The van der Waals surface area contributed by atoms with Gasteiger partial charge in [0.25, 0.3) is 5.22 Å². The molecule has 2 aromatic rings. The maximum atomic E-state index is 5.81. The van der Waals surface area contributed by atoms with Gasteiger partial charge >= 0.3 is 0 Å². The van der Waals surface area contributed by atoms with Crippen LogP contribution in [-0.4, -0.2) is 10.2 Å². The van der Waals surface area contributed by atoms with E-state index in [-0.39, 0.29) is 6.54 Å². The summed E-state index contributed by atoms with van der Waals surface area (Å²) in [6, 6.07) is 3.86. The summed E-state index contributed by atoms with van der Waals surface area (Å²) in [7, 11) is 0. The van der Waals surface area contributed by atoms with E-state index in [9.17, 15) is 0 Å². The van der Waals surface area contributed by atoms with Gasteiger partial charge in [-0.3, -0.25) is 0 Å². The van der Waals surface area contributed by atoms with Gasteiger partial charge in [-0.25, -0.2) is 0 Å². The largest absolute Gasteiger partial charge is 0.415 e. The Morgan fingerprint density at radius 1 is 1.47 bits per heavy atom. The summed E-state index contributed by atoms with van der Waals surface area (Å²) in [4.78, 5) is 1.18. The predicted molar refractivity (Wildman–Crippen MR) is 61.1 cm³/mol. The standard InChI is InChI=1S/C8H8ClN3OS2/c9-6-2-1-5(15-6)4-14-8-12-11-7(3-10)13-8/h1-2H,3-4,10H2. The van der Waals surface area contributed by atoms with Crippen LogP contribution in [0.2, 0.25) is 4.34 Å². The third-order valence-electron chi connectivity index (χ3n) is 1.59. The van der Waals surface area contributed by atoms with Crippen LogP contribution in [0.15, 0.2) is 21.8 Å².